The Bertz CT molecular complexity index is 106. The van der Waals surface area contributed by atoms with Gasteiger partial charge in [-0.05, 0) is 12.2 Å². The largest absolute Gasteiger partial charge is 0.276 e. The van der Waals surface area contributed by atoms with Gasteiger partial charge in [-0.1, -0.05) is 0 Å². The number of quaternary nitrogens is 1. The van der Waals surface area contributed by atoms with E-state index in [0.717, 1.165) is 4.48 Å². The highest BCUT2D eigenvalue weighted by Gasteiger charge is 2.07. The second-order valence-corrected chi connectivity index (χ2v) is 2.31. The van der Waals surface area contributed by atoms with Crippen molar-refractivity contribution in [2.45, 2.75) is 0 Å². The van der Waals surface area contributed by atoms with Crippen LogP contribution in [0.25, 0.3) is 0 Å². The third kappa shape index (κ3) is 0.904. The first-order chi connectivity index (χ1) is 3.21. The zero-order chi connectivity index (χ0) is 5.33. The maximum absolute atomic E-state index is 2.12. The van der Waals surface area contributed by atoms with E-state index >= 15 is 0 Å². The molecule has 0 aromatic heterocycles. The topological polar surface area (TPSA) is 0 Å². The molecule has 0 aliphatic carbocycles. The normalized spacial score (nSPS) is 23.7. The van der Waals surface area contributed by atoms with Crippen molar-refractivity contribution in [3.8, 4) is 0 Å². The lowest BCUT2D eigenvalue weighted by molar-refractivity contribution is -0.781. The van der Waals surface area contributed by atoms with Gasteiger partial charge >= 0.3 is 0 Å². The number of hydrogen-bond acceptors (Lipinski definition) is 0. The number of hydrogen-bond donors (Lipinski definition) is 0. The Balaban J connectivity index is 2.77. The van der Waals surface area contributed by atoms with Crippen LogP contribution < -0.4 is 0 Å². The van der Waals surface area contributed by atoms with Crippen LogP contribution in [0.15, 0.2) is 24.6 Å². The van der Waals surface area contributed by atoms with Crippen molar-refractivity contribution in [2.24, 2.45) is 0 Å². The Kier molecular flexibility index (Phi) is 0.790. The lowest BCUT2D eigenvalue weighted by Gasteiger charge is -2.14. The SMILES string of the molecule is C[N+]1(C)C=CC=C1. The summed E-state index contributed by atoms with van der Waals surface area (Å²) in [6, 6.07) is 0. The molecule has 1 aliphatic heterocycles. The van der Waals surface area contributed by atoms with Gasteiger partial charge in [0.05, 0.1) is 14.1 Å². The molecule has 38 valence electrons. The summed E-state index contributed by atoms with van der Waals surface area (Å²) in [4.78, 5) is 0. The molecule has 1 heterocycles. The fraction of sp³-hybridized carbons (Fsp3) is 0.333. The molecule has 0 fully saturated rings. The molecule has 1 heteroatoms. The Hall–Kier alpha value is -0.560. The molecule has 0 atom stereocenters. The van der Waals surface area contributed by atoms with Gasteiger partial charge < -0.3 is 0 Å². The van der Waals surface area contributed by atoms with Crippen LogP contribution in [0.3, 0.4) is 0 Å². The first kappa shape index (κ1) is 4.60. The molecule has 7 heavy (non-hydrogen) atoms. The van der Waals surface area contributed by atoms with Crippen molar-refractivity contribution in [2.75, 3.05) is 14.1 Å². The van der Waals surface area contributed by atoms with Gasteiger partial charge in [-0.15, -0.1) is 0 Å². The van der Waals surface area contributed by atoms with Crippen molar-refractivity contribution in [3.63, 3.8) is 0 Å². The molecule has 0 spiro atoms. The van der Waals surface area contributed by atoms with Crippen LogP contribution >= 0.6 is 0 Å². The highest BCUT2D eigenvalue weighted by Crippen LogP contribution is 2.05. The van der Waals surface area contributed by atoms with Gasteiger partial charge in [0.15, 0.2) is 0 Å². The molecule has 1 nitrogen and oxygen atoms in total. The van der Waals surface area contributed by atoms with E-state index in [1.54, 1.807) is 0 Å². The van der Waals surface area contributed by atoms with Crippen LogP contribution in [-0.2, 0) is 0 Å². The molecule has 0 radical (unpaired) electrons. The zero-order valence-electron chi connectivity index (χ0n) is 4.76. The second-order valence-electron chi connectivity index (χ2n) is 2.31. The summed E-state index contributed by atoms with van der Waals surface area (Å²) < 4.78 is 0.889. The van der Waals surface area contributed by atoms with Gasteiger partial charge in [0.1, 0.15) is 12.4 Å². The third-order valence-electron chi connectivity index (χ3n) is 1.05. The van der Waals surface area contributed by atoms with Gasteiger partial charge in [-0.25, -0.2) is 0 Å². The smallest absolute Gasteiger partial charge is 0.100 e. The standard InChI is InChI=1S/C6H10N/c1-7(2)5-3-4-6-7/h3-6H,1-2H3/q+1. The predicted octanol–water partition coefficient (Wildman–Crippen LogP) is 1.10. The molecule has 0 saturated heterocycles. The first-order valence-electron chi connectivity index (χ1n) is 2.41. The van der Waals surface area contributed by atoms with Crippen molar-refractivity contribution < 1.29 is 4.48 Å². The summed E-state index contributed by atoms with van der Waals surface area (Å²) in [7, 11) is 4.25. The number of allylic oxidation sites excluding steroid dienone is 2. The summed E-state index contributed by atoms with van der Waals surface area (Å²) in [6.45, 7) is 0. The maximum atomic E-state index is 2.12. The monoisotopic (exact) mass is 96.1 g/mol. The van der Waals surface area contributed by atoms with E-state index < -0.39 is 0 Å². The molecular weight excluding hydrogens is 86.1 g/mol. The molecule has 0 aromatic carbocycles. The molecule has 0 N–H and O–H groups in total. The number of rotatable bonds is 0. The van der Waals surface area contributed by atoms with E-state index in [0.29, 0.717) is 0 Å². The van der Waals surface area contributed by atoms with Crippen LogP contribution in [0.2, 0.25) is 0 Å². The fourth-order valence-corrected chi connectivity index (χ4v) is 0.593. The quantitative estimate of drug-likeness (QED) is 0.396. The van der Waals surface area contributed by atoms with Gasteiger partial charge in [-0.3, -0.25) is 4.48 Å². The Morgan fingerprint density at radius 1 is 1.00 bits per heavy atom. The zero-order valence-corrected chi connectivity index (χ0v) is 4.76. The van der Waals surface area contributed by atoms with Crippen molar-refractivity contribution in [1.82, 2.24) is 0 Å². The van der Waals surface area contributed by atoms with E-state index in [1.807, 2.05) is 0 Å². The van der Waals surface area contributed by atoms with Gasteiger partial charge in [0, 0.05) is 0 Å². The molecule has 1 rings (SSSR count). The first-order valence-corrected chi connectivity index (χ1v) is 2.41. The Labute approximate surface area is 44.1 Å². The minimum Gasteiger partial charge on any atom is -0.276 e. The van der Waals surface area contributed by atoms with Crippen molar-refractivity contribution in [1.29, 1.82) is 0 Å². The Morgan fingerprint density at radius 3 is 1.57 bits per heavy atom. The Morgan fingerprint density at radius 2 is 1.43 bits per heavy atom. The summed E-state index contributed by atoms with van der Waals surface area (Å²) in [5, 5.41) is 0. The van der Waals surface area contributed by atoms with Crippen LogP contribution in [0.4, 0.5) is 0 Å². The lowest BCUT2D eigenvalue weighted by atomic mass is 10.6. The molecule has 0 saturated carbocycles. The lowest BCUT2D eigenvalue weighted by Crippen LogP contribution is -2.22. The molecule has 0 amide bonds. The fourth-order valence-electron chi connectivity index (χ4n) is 0.593. The molecule has 0 bridgehead atoms. The summed E-state index contributed by atoms with van der Waals surface area (Å²) >= 11 is 0. The molecule has 0 aromatic rings. The molecule has 1 aliphatic rings. The van der Waals surface area contributed by atoms with Gasteiger partial charge in [0.25, 0.3) is 0 Å². The van der Waals surface area contributed by atoms with E-state index in [9.17, 15) is 0 Å². The van der Waals surface area contributed by atoms with Crippen LogP contribution in [0.5, 0.6) is 0 Å². The summed E-state index contributed by atoms with van der Waals surface area (Å²) in [5.41, 5.74) is 0. The second kappa shape index (κ2) is 1.20. The number of nitrogens with zero attached hydrogens (tertiary/aromatic N) is 1. The van der Waals surface area contributed by atoms with E-state index in [4.69, 9.17) is 0 Å². The van der Waals surface area contributed by atoms with E-state index in [2.05, 4.69) is 38.6 Å². The van der Waals surface area contributed by atoms with Crippen LogP contribution in [-0.4, -0.2) is 18.6 Å². The van der Waals surface area contributed by atoms with Crippen LogP contribution in [0.1, 0.15) is 0 Å². The highest BCUT2D eigenvalue weighted by molar-refractivity contribution is 5.02. The predicted molar refractivity (Wildman–Crippen MR) is 30.4 cm³/mol. The molecular formula is C6H10N+. The summed E-state index contributed by atoms with van der Waals surface area (Å²) in [5.74, 6) is 0. The van der Waals surface area contributed by atoms with Crippen LogP contribution in [0, 0.1) is 0 Å². The van der Waals surface area contributed by atoms with Gasteiger partial charge in [0.2, 0.25) is 0 Å². The van der Waals surface area contributed by atoms with Gasteiger partial charge in [-0.2, -0.15) is 0 Å². The highest BCUT2D eigenvalue weighted by atomic mass is 15.3. The van der Waals surface area contributed by atoms with E-state index in [-0.39, 0.29) is 0 Å². The average Bonchev–Trinajstić information content (AvgIpc) is 1.84. The summed E-state index contributed by atoms with van der Waals surface area (Å²) in [6.07, 6.45) is 8.36. The van der Waals surface area contributed by atoms with Crippen molar-refractivity contribution in [3.05, 3.63) is 24.6 Å². The molecule has 0 unspecified atom stereocenters. The average molecular weight is 96.2 g/mol. The van der Waals surface area contributed by atoms with E-state index in [1.165, 1.54) is 0 Å². The van der Waals surface area contributed by atoms with Crippen molar-refractivity contribution >= 4 is 0 Å². The maximum Gasteiger partial charge on any atom is 0.100 e. The minimum atomic E-state index is 0.889. The third-order valence-corrected chi connectivity index (χ3v) is 1.05. The minimum absolute atomic E-state index is 0.889.